The monoisotopic (exact) mass is 466 g/mol. The van der Waals surface area contributed by atoms with Gasteiger partial charge in [0.15, 0.2) is 5.65 Å². The van der Waals surface area contributed by atoms with Crippen LogP contribution in [0.4, 0.5) is 24.7 Å². The summed E-state index contributed by atoms with van der Waals surface area (Å²) in [6, 6.07) is 10.9. The quantitative estimate of drug-likeness (QED) is 0.488. The number of alkyl halides is 3. The largest absolute Gasteiger partial charge is 0.416 e. The van der Waals surface area contributed by atoms with Crippen LogP contribution in [0.15, 0.2) is 48.8 Å². The lowest BCUT2D eigenvalue weighted by Gasteiger charge is -2.18. The van der Waals surface area contributed by atoms with Crippen molar-refractivity contribution in [2.45, 2.75) is 25.4 Å². The third-order valence-corrected chi connectivity index (χ3v) is 6.08. The zero-order valence-corrected chi connectivity index (χ0v) is 18.3. The van der Waals surface area contributed by atoms with Crippen LogP contribution in [0.25, 0.3) is 22.3 Å². The van der Waals surface area contributed by atoms with Crippen LogP contribution in [-0.4, -0.2) is 32.2 Å². The molecule has 0 bridgehead atoms. The van der Waals surface area contributed by atoms with Gasteiger partial charge in [0.2, 0.25) is 5.91 Å². The van der Waals surface area contributed by atoms with Crippen molar-refractivity contribution in [2.24, 2.45) is 7.05 Å². The molecule has 1 aliphatic rings. The maximum atomic E-state index is 12.9. The fourth-order valence-corrected chi connectivity index (χ4v) is 4.41. The third kappa shape index (κ3) is 3.85. The fourth-order valence-electron chi connectivity index (χ4n) is 4.41. The van der Waals surface area contributed by atoms with E-state index in [1.807, 2.05) is 18.2 Å². The first-order valence-electron chi connectivity index (χ1n) is 10.8. The van der Waals surface area contributed by atoms with E-state index in [0.717, 1.165) is 28.9 Å². The van der Waals surface area contributed by atoms with Gasteiger partial charge in [-0.15, -0.1) is 0 Å². The van der Waals surface area contributed by atoms with Crippen molar-refractivity contribution in [3.05, 3.63) is 65.5 Å². The molecule has 3 heterocycles. The van der Waals surface area contributed by atoms with Crippen molar-refractivity contribution in [1.82, 2.24) is 19.7 Å². The van der Waals surface area contributed by atoms with Gasteiger partial charge in [0.25, 0.3) is 0 Å². The van der Waals surface area contributed by atoms with Crippen LogP contribution in [0.5, 0.6) is 0 Å². The van der Waals surface area contributed by atoms with E-state index in [4.69, 9.17) is 5.73 Å². The van der Waals surface area contributed by atoms with Crippen LogP contribution >= 0.6 is 0 Å². The summed E-state index contributed by atoms with van der Waals surface area (Å²) in [4.78, 5) is 22.9. The lowest BCUT2D eigenvalue weighted by molar-refractivity contribution is -0.137. The predicted molar refractivity (Wildman–Crippen MR) is 122 cm³/mol. The Bertz CT molecular complexity index is 1410. The molecule has 0 saturated carbocycles. The molecule has 0 fully saturated rings. The van der Waals surface area contributed by atoms with Crippen LogP contribution in [0.3, 0.4) is 0 Å². The molecule has 34 heavy (non-hydrogen) atoms. The van der Waals surface area contributed by atoms with E-state index in [1.165, 1.54) is 12.4 Å². The highest BCUT2D eigenvalue weighted by atomic mass is 19.4. The zero-order chi connectivity index (χ0) is 24.0. The number of carbonyl (C=O) groups is 1. The SMILES string of the molecule is Cn1nc(-c2ccc3c(c2)CCN3C(=O)CCc2cccc(C(F)(F)F)c2)c2c(N)ncnc21. The van der Waals surface area contributed by atoms with Crippen LogP contribution in [0.1, 0.15) is 23.1 Å². The number of anilines is 2. The van der Waals surface area contributed by atoms with Crippen molar-refractivity contribution in [1.29, 1.82) is 0 Å². The highest BCUT2D eigenvalue weighted by Crippen LogP contribution is 2.36. The first kappa shape index (κ1) is 21.9. The molecule has 1 aliphatic heterocycles. The van der Waals surface area contributed by atoms with Crippen molar-refractivity contribution in [2.75, 3.05) is 17.2 Å². The van der Waals surface area contributed by atoms with Gasteiger partial charge >= 0.3 is 6.18 Å². The van der Waals surface area contributed by atoms with Crippen LogP contribution in [0.2, 0.25) is 0 Å². The molecule has 0 radical (unpaired) electrons. The van der Waals surface area contributed by atoms with Crippen molar-refractivity contribution < 1.29 is 18.0 Å². The van der Waals surface area contributed by atoms with Crippen LogP contribution in [-0.2, 0) is 30.9 Å². The molecule has 1 amide bonds. The van der Waals surface area contributed by atoms with Gasteiger partial charge in [-0.05, 0) is 42.2 Å². The average Bonchev–Trinajstić information content (AvgIpc) is 3.39. The topological polar surface area (TPSA) is 89.9 Å². The normalized spacial score (nSPS) is 13.5. The Kier molecular flexibility index (Phi) is 5.22. The summed E-state index contributed by atoms with van der Waals surface area (Å²) in [5.74, 6) is 0.227. The van der Waals surface area contributed by atoms with Crippen molar-refractivity contribution in [3.8, 4) is 11.3 Å². The number of hydrogen-bond donors (Lipinski definition) is 1. The molecule has 5 rings (SSSR count). The highest BCUT2D eigenvalue weighted by Gasteiger charge is 2.30. The summed E-state index contributed by atoms with van der Waals surface area (Å²) in [5.41, 5.74) is 9.82. The molecule has 0 aliphatic carbocycles. The number of hydrogen-bond acceptors (Lipinski definition) is 5. The minimum absolute atomic E-state index is 0.121. The summed E-state index contributed by atoms with van der Waals surface area (Å²) in [5, 5.41) is 5.24. The molecule has 0 spiro atoms. The second-order valence-corrected chi connectivity index (χ2v) is 8.27. The Balaban J connectivity index is 1.35. The minimum atomic E-state index is -4.40. The van der Waals surface area contributed by atoms with E-state index in [2.05, 4.69) is 15.1 Å². The van der Waals surface area contributed by atoms with Gasteiger partial charge in [-0.25, -0.2) is 14.6 Å². The number of rotatable bonds is 4. The van der Waals surface area contributed by atoms with E-state index in [1.54, 1.807) is 22.7 Å². The Labute approximate surface area is 193 Å². The maximum Gasteiger partial charge on any atom is 0.416 e. The van der Waals surface area contributed by atoms with Gasteiger partial charge in [0, 0.05) is 31.3 Å². The Morgan fingerprint density at radius 1 is 1.15 bits per heavy atom. The van der Waals surface area contributed by atoms with E-state index in [0.29, 0.717) is 41.1 Å². The van der Waals surface area contributed by atoms with E-state index in [-0.39, 0.29) is 18.7 Å². The van der Waals surface area contributed by atoms with E-state index >= 15 is 0 Å². The predicted octanol–water partition coefficient (Wildman–Crippen LogP) is 4.15. The molecule has 4 aromatic rings. The summed E-state index contributed by atoms with van der Waals surface area (Å²) in [6.45, 7) is 0.522. The number of amides is 1. The Morgan fingerprint density at radius 2 is 1.97 bits per heavy atom. The molecule has 174 valence electrons. The molecule has 0 atom stereocenters. The second-order valence-electron chi connectivity index (χ2n) is 8.27. The van der Waals surface area contributed by atoms with Crippen LogP contribution in [0, 0.1) is 0 Å². The van der Waals surface area contributed by atoms with Crippen molar-refractivity contribution >= 4 is 28.4 Å². The fraction of sp³-hybridized carbons (Fsp3) is 0.250. The zero-order valence-electron chi connectivity index (χ0n) is 18.3. The number of nitrogens with two attached hydrogens (primary N) is 1. The minimum Gasteiger partial charge on any atom is -0.383 e. The number of carbonyl (C=O) groups excluding carboxylic acids is 1. The lowest BCUT2D eigenvalue weighted by Crippen LogP contribution is -2.29. The number of fused-ring (bicyclic) bond motifs is 2. The maximum absolute atomic E-state index is 12.9. The van der Waals surface area contributed by atoms with Crippen molar-refractivity contribution in [3.63, 3.8) is 0 Å². The smallest absolute Gasteiger partial charge is 0.383 e. The molecule has 0 unspecified atom stereocenters. The molecule has 0 saturated heterocycles. The molecule has 2 N–H and O–H groups in total. The van der Waals surface area contributed by atoms with Gasteiger partial charge < -0.3 is 10.6 Å². The second kappa shape index (κ2) is 8.12. The average molecular weight is 466 g/mol. The molecule has 2 aromatic carbocycles. The Morgan fingerprint density at radius 3 is 2.76 bits per heavy atom. The Hall–Kier alpha value is -3.95. The molecule has 2 aromatic heterocycles. The first-order chi connectivity index (χ1) is 16.2. The highest BCUT2D eigenvalue weighted by molar-refractivity contribution is 6.00. The molecular weight excluding hydrogens is 445 g/mol. The standard InChI is InChI=1S/C24H21F3N6O/c1-32-23-20(22(28)29-13-30-23)21(31-32)16-6-7-18-15(12-16)9-10-33(18)19(34)8-5-14-3-2-4-17(11-14)24(25,26)27/h2-4,6-7,11-13H,5,8-10H2,1H3,(H2,28,29,30). The number of nitrogens with zero attached hydrogens (tertiary/aromatic N) is 5. The van der Waals surface area contributed by atoms with Gasteiger partial charge in [0.05, 0.1) is 10.9 Å². The summed E-state index contributed by atoms with van der Waals surface area (Å²) in [6.07, 6.45) is -1.96. The number of aryl methyl sites for hydroxylation is 2. The molecule has 10 heteroatoms. The molecule has 7 nitrogen and oxygen atoms in total. The number of aromatic nitrogens is 4. The summed E-state index contributed by atoms with van der Waals surface area (Å²) in [7, 11) is 1.79. The van der Waals surface area contributed by atoms with Gasteiger partial charge in [-0.3, -0.25) is 4.79 Å². The van der Waals surface area contributed by atoms with Crippen LogP contribution < -0.4 is 10.6 Å². The van der Waals surface area contributed by atoms with Gasteiger partial charge in [-0.2, -0.15) is 18.3 Å². The number of halogens is 3. The summed E-state index contributed by atoms with van der Waals surface area (Å²) < 4.78 is 40.5. The number of nitrogen functional groups attached to an aromatic ring is 1. The summed E-state index contributed by atoms with van der Waals surface area (Å²) >= 11 is 0. The number of benzene rings is 2. The lowest BCUT2D eigenvalue weighted by atomic mass is 10.0. The first-order valence-corrected chi connectivity index (χ1v) is 10.8. The molecular formula is C24H21F3N6O. The third-order valence-electron chi connectivity index (χ3n) is 6.08. The van der Waals surface area contributed by atoms with E-state index < -0.39 is 11.7 Å². The van der Waals surface area contributed by atoms with E-state index in [9.17, 15) is 18.0 Å². The van der Waals surface area contributed by atoms with Gasteiger partial charge in [-0.1, -0.05) is 24.3 Å². The van der Waals surface area contributed by atoms with Gasteiger partial charge in [0.1, 0.15) is 17.8 Å².